The lowest BCUT2D eigenvalue weighted by Gasteiger charge is -1.91. The van der Waals surface area contributed by atoms with E-state index in [1.54, 1.807) is 0 Å². The van der Waals surface area contributed by atoms with E-state index < -0.39 is 0 Å². The third-order valence-electron chi connectivity index (χ3n) is 2.11. The van der Waals surface area contributed by atoms with Gasteiger partial charge in [-0.15, -0.1) is 0 Å². The van der Waals surface area contributed by atoms with Gasteiger partial charge in [-0.2, -0.15) is 5.10 Å². The number of rotatable bonds is 1. The molecule has 0 atom stereocenters. The minimum atomic E-state index is 0.939. The summed E-state index contributed by atoms with van der Waals surface area (Å²) < 4.78 is 1.97. The van der Waals surface area contributed by atoms with Crippen molar-refractivity contribution in [2.24, 2.45) is 0 Å². The van der Waals surface area contributed by atoms with Crippen molar-refractivity contribution in [1.82, 2.24) is 9.78 Å². The maximum Gasteiger partial charge on any atom is 0.0952 e. The van der Waals surface area contributed by atoms with Crippen molar-refractivity contribution in [2.45, 2.75) is 34.2 Å². The van der Waals surface area contributed by atoms with E-state index in [1.165, 1.54) is 10.9 Å². The van der Waals surface area contributed by atoms with E-state index in [-0.39, 0.29) is 0 Å². The molecule has 1 heterocycles. The molecule has 0 aliphatic carbocycles. The molecule has 0 saturated carbocycles. The Hall–Kier alpha value is -1.31. The fourth-order valence-corrected chi connectivity index (χ4v) is 1.40. The van der Waals surface area contributed by atoms with E-state index >= 15 is 0 Å². The molecule has 0 fully saturated rings. The molecular weight excluding hydrogens is 172 g/mol. The molecule has 0 saturated heterocycles. The summed E-state index contributed by atoms with van der Waals surface area (Å²) >= 11 is 0. The van der Waals surface area contributed by atoms with Crippen LogP contribution < -0.4 is 0 Å². The minimum Gasteiger partial charge on any atom is -0.272 e. The van der Waals surface area contributed by atoms with Gasteiger partial charge in [-0.05, 0) is 19.4 Å². The van der Waals surface area contributed by atoms with Crippen LogP contribution in [-0.2, 0) is 6.54 Å². The summed E-state index contributed by atoms with van der Waals surface area (Å²) in [5, 5.41) is 5.68. The highest BCUT2D eigenvalue weighted by atomic mass is 15.3. The largest absolute Gasteiger partial charge is 0.272 e. The monoisotopic (exact) mass is 190 g/mol. The SMILES string of the molecule is CC.CCn1cc2cccc(C)c2n1. The first-order valence-corrected chi connectivity index (χ1v) is 5.24. The summed E-state index contributed by atoms with van der Waals surface area (Å²) in [7, 11) is 0. The van der Waals surface area contributed by atoms with Crippen molar-refractivity contribution < 1.29 is 0 Å². The zero-order valence-electron chi connectivity index (χ0n) is 9.41. The van der Waals surface area contributed by atoms with E-state index in [2.05, 4.69) is 43.3 Å². The first-order valence-electron chi connectivity index (χ1n) is 5.24. The van der Waals surface area contributed by atoms with E-state index in [9.17, 15) is 0 Å². The van der Waals surface area contributed by atoms with Crippen molar-refractivity contribution in [3.8, 4) is 0 Å². The Labute approximate surface area is 85.6 Å². The number of nitrogens with zero attached hydrogens (tertiary/aromatic N) is 2. The lowest BCUT2D eigenvalue weighted by Crippen LogP contribution is -1.92. The van der Waals surface area contributed by atoms with Crippen molar-refractivity contribution in [3.05, 3.63) is 30.0 Å². The van der Waals surface area contributed by atoms with Crippen LogP contribution in [0, 0.1) is 6.92 Å². The fourth-order valence-electron chi connectivity index (χ4n) is 1.40. The third-order valence-corrected chi connectivity index (χ3v) is 2.11. The standard InChI is InChI=1S/C10H12N2.C2H6/c1-3-12-7-9-6-4-5-8(2)10(9)11-12;1-2/h4-7H,3H2,1-2H3;1-2H3. The number of hydrogen-bond acceptors (Lipinski definition) is 1. The van der Waals surface area contributed by atoms with Crippen LogP contribution in [0.3, 0.4) is 0 Å². The number of aryl methyl sites for hydroxylation is 2. The molecule has 0 spiro atoms. The highest BCUT2D eigenvalue weighted by Crippen LogP contribution is 2.15. The molecule has 76 valence electrons. The molecule has 0 bridgehead atoms. The van der Waals surface area contributed by atoms with Crippen molar-refractivity contribution in [3.63, 3.8) is 0 Å². The van der Waals surface area contributed by atoms with Gasteiger partial charge >= 0.3 is 0 Å². The summed E-state index contributed by atoms with van der Waals surface area (Å²) in [4.78, 5) is 0. The van der Waals surface area contributed by atoms with Crippen molar-refractivity contribution >= 4 is 10.9 Å². The van der Waals surface area contributed by atoms with Crippen molar-refractivity contribution in [2.75, 3.05) is 0 Å². The Morgan fingerprint density at radius 2 is 2.00 bits per heavy atom. The second-order valence-corrected chi connectivity index (χ2v) is 3.00. The average molecular weight is 190 g/mol. The number of hydrogen-bond donors (Lipinski definition) is 0. The Morgan fingerprint density at radius 3 is 2.57 bits per heavy atom. The topological polar surface area (TPSA) is 17.8 Å². The van der Waals surface area contributed by atoms with Crippen LogP contribution in [0.25, 0.3) is 10.9 Å². The second-order valence-electron chi connectivity index (χ2n) is 3.00. The summed E-state index contributed by atoms with van der Waals surface area (Å²) in [5.74, 6) is 0. The van der Waals surface area contributed by atoms with Gasteiger partial charge in [-0.3, -0.25) is 4.68 Å². The highest BCUT2D eigenvalue weighted by molar-refractivity contribution is 5.80. The maximum absolute atomic E-state index is 4.45. The maximum atomic E-state index is 4.45. The van der Waals surface area contributed by atoms with Gasteiger partial charge in [0.05, 0.1) is 5.52 Å². The normalized spacial score (nSPS) is 9.71. The molecule has 1 aromatic carbocycles. The van der Waals surface area contributed by atoms with Crippen LogP contribution in [0.1, 0.15) is 26.3 Å². The van der Waals surface area contributed by atoms with E-state index in [0.717, 1.165) is 12.1 Å². The minimum absolute atomic E-state index is 0.939. The molecule has 2 aromatic rings. The van der Waals surface area contributed by atoms with Gasteiger partial charge in [0.2, 0.25) is 0 Å². The summed E-state index contributed by atoms with van der Waals surface area (Å²) in [5.41, 5.74) is 2.37. The van der Waals surface area contributed by atoms with Gasteiger partial charge < -0.3 is 0 Å². The molecule has 2 heteroatoms. The van der Waals surface area contributed by atoms with E-state index in [0.29, 0.717) is 0 Å². The summed E-state index contributed by atoms with van der Waals surface area (Å²) in [6.07, 6.45) is 2.09. The van der Waals surface area contributed by atoms with Gasteiger partial charge in [0.1, 0.15) is 0 Å². The number of fused-ring (bicyclic) bond motifs is 1. The smallest absolute Gasteiger partial charge is 0.0952 e. The Kier molecular flexibility index (Phi) is 3.69. The molecule has 0 aliphatic heterocycles. The van der Waals surface area contributed by atoms with E-state index in [4.69, 9.17) is 0 Å². The van der Waals surface area contributed by atoms with Crippen molar-refractivity contribution in [1.29, 1.82) is 0 Å². The molecule has 1 aromatic heterocycles. The highest BCUT2D eigenvalue weighted by Gasteiger charge is 2.00. The Morgan fingerprint density at radius 1 is 1.29 bits per heavy atom. The predicted molar refractivity (Wildman–Crippen MR) is 61.5 cm³/mol. The zero-order valence-corrected chi connectivity index (χ0v) is 9.41. The van der Waals surface area contributed by atoms with Crippen LogP contribution in [-0.4, -0.2) is 9.78 Å². The zero-order chi connectivity index (χ0) is 10.6. The summed E-state index contributed by atoms with van der Waals surface area (Å²) in [6.45, 7) is 9.13. The van der Waals surface area contributed by atoms with Crippen LogP contribution in [0.5, 0.6) is 0 Å². The lowest BCUT2D eigenvalue weighted by molar-refractivity contribution is 0.667. The van der Waals surface area contributed by atoms with Gasteiger partial charge in [-0.1, -0.05) is 32.0 Å². The Balaban J connectivity index is 0.000000461. The molecule has 2 nitrogen and oxygen atoms in total. The van der Waals surface area contributed by atoms with Crippen LogP contribution in [0.4, 0.5) is 0 Å². The molecular formula is C12H18N2. The van der Waals surface area contributed by atoms with Crippen LogP contribution in [0.2, 0.25) is 0 Å². The molecule has 0 unspecified atom stereocenters. The van der Waals surface area contributed by atoms with Gasteiger partial charge in [0.15, 0.2) is 0 Å². The quantitative estimate of drug-likeness (QED) is 0.674. The predicted octanol–water partition coefficient (Wildman–Crippen LogP) is 3.39. The second kappa shape index (κ2) is 4.80. The average Bonchev–Trinajstić information content (AvgIpc) is 2.65. The molecule has 0 N–H and O–H groups in total. The number of aromatic nitrogens is 2. The number of benzene rings is 1. The summed E-state index contributed by atoms with van der Waals surface area (Å²) in [6, 6.07) is 6.26. The first-order chi connectivity index (χ1) is 6.81. The first kappa shape index (κ1) is 10.8. The molecule has 0 radical (unpaired) electrons. The third kappa shape index (κ3) is 1.95. The molecule has 14 heavy (non-hydrogen) atoms. The molecule has 0 amide bonds. The van der Waals surface area contributed by atoms with Crippen LogP contribution >= 0.6 is 0 Å². The fraction of sp³-hybridized carbons (Fsp3) is 0.417. The lowest BCUT2D eigenvalue weighted by atomic mass is 10.2. The Bertz CT molecular complexity index is 402. The van der Waals surface area contributed by atoms with E-state index in [1.807, 2.05) is 18.5 Å². The van der Waals surface area contributed by atoms with Gasteiger partial charge in [0.25, 0.3) is 0 Å². The molecule has 0 aliphatic rings. The molecule has 2 rings (SSSR count). The van der Waals surface area contributed by atoms with Gasteiger partial charge in [-0.25, -0.2) is 0 Å². The van der Waals surface area contributed by atoms with Crippen LogP contribution in [0.15, 0.2) is 24.4 Å². The van der Waals surface area contributed by atoms with Gasteiger partial charge in [0, 0.05) is 18.1 Å².